The molecule has 0 atom stereocenters. The van der Waals surface area contributed by atoms with Crippen molar-refractivity contribution in [3.63, 3.8) is 0 Å². The Hall–Kier alpha value is -6.23. The lowest BCUT2D eigenvalue weighted by atomic mass is 10.0. The molecule has 4 heteroatoms. The maximum absolute atomic E-state index is 4.71. The lowest BCUT2D eigenvalue weighted by molar-refractivity contribution is 1.26. The molecule has 0 aliphatic rings. The van der Waals surface area contributed by atoms with E-state index >= 15 is 0 Å². The minimum absolute atomic E-state index is 1.01. The number of hydrogen-bond acceptors (Lipinski definition) is 4. The zero-order valence-corrected chi connectivity index (χ0v) is 27.5. The van der Waals surface area contributed by atoms with Crippen LogP contribution in [0.4, 0.5) is 34.1 Å². The van der Waals surface area contributed by atoms with E-state index in [0.29, 0.717) is 0 Å². The summed E-state index contributed by atoms with van der Waals surface area (Å²) in [4.78, 5) is 9.52. The number of pyridine rings is 1. The summed E-state index contributed by atoms with van der Waals surface area (Å²) in [6.45, 7) is 0. The highest BCUT2D eigenvalue weighted by Gasteiger charge is 2.24. The molecule has 2 heterocycles. The van der Waals surface area contributed by atoms with E-state index in [1.807, 2.05) is 23.6 Å². The fraction of sp³-hybridized carbons (Fsp3) is 0. The topological polar surface area (TPSA) is 19.4 Å². The third kappa shape index (κ3) is 5.29. The summed E-state index contributed by atoms with van der Waals surface area (Å²) in [6, 6.07) is 64.9. The second-order valence-corrected chi connectivity index (χ2v) is 13.1. The van der Waals surface area contributed by atoms with E-state index in [-0.39, 0.29) is 0 Å². The molecule has 0 aliphatic heterocycles. The Labute approximate surface area is 289 Å². The SMILES string of the molecule is c1ccc(-c2ccccc2N(c2ccccc2)c2cc(N(c3ccccc3)c3ccccc3)cc3c2sc2cc4ncccc4cc23)cc1. The van der Waals surface area contributed by atoms with Gasteiger partial charge in [0.2, 0.25) is 0 Å². The van der Waals surface area contributed by atoms with Gasteiger partial charge in [-0.05, 0) is 78.4 Å². The van der Waals surface area contributed by atoms with Crippen LogP contribution in [0.2, 0.25) is 0 Å². The largest absolute Gasteiger partial charge is 0.310 e. The van der Waals surface area contributed by atoms with Crippen molar-refractivity contribution < 1.29 is 0 Å². The molecule has 3 nitrogen and oxygen atoms in total. The van der Waals surface area contributed by atoms with Crippen molar-refractivity contribution in [3.05, 3.63) is 188 Å². The number of fused-ring (bicyclic) bond motifs is 4. The monoisotopic (exact) mass is 645 g/mol. The highest BCUT2D eigenvalue weighted by atomic mass is 32.1. The molecule has 2 aromatic heterocycles. The van der Waals surface area contributed by atoms with Gasteiger partial charge in [-0.15, -0.1) is 11.3 Å². The van der Waals surface area contributed by atoms with Crippen molar-refractivity contribution in [2.45, 2.75) is 0 Å². The molecular weight excluding hydrogens is 615 g/mol. The smallest absolute Gasteiger partial charge is 0.0716 e. The van der Waals surface area contributed by atoms with Gasteiger partial charge in [0.15, 0.2) is 0 Å². The number of aromatic nitrogens is 1. The summed E-state index contributed by atoms with van der Waals surface area (Å²) in [6.07, 6.45) is 1.88. The van der Waals surface area contributed by atoms with Crippen LogP contribution >= 0.6 is 11.3 Å². The third-order valence-electron chi connectivity index (χ3n) is 9.03. The number of thiophene rings is 1. The predicted octanol–water partition coefficient (Wildman–Crippen LogP) is 13.2. The molecule has 232 valence electrons. The van der Waals surface area contributed by atoms with Crippen molar-refractivity contribution >= 4 is 76.5 Å². The Morgan fingerprint density at radius 1 is 0.429 bits per heavy atom. The van der Waals surface area contributed by atoms with Crippen LogP contribution in [-0.2, 0) is 0 Å². The highest BCUT2D eigenvalue weighted by molar-refractivity contribution is 7.26. The summed E-state index contributed by atoms with van der Waals surface area (Å²) in [5, 5.41) is 3.58. The van der Waals surface area contributed by atoms with Crippen LogP contribution in [0.15, 0.2) is 188 Å². The standard InChI is InChI=1S/C45H31N3S/c1-5-16-32(17-6-1)38-25-13-14-26-42(38)48(36-23-11-4-12-24-36)43-30-37(47(34-19-7-2-8-20-34)35-21-9-3-10-22-35)29-40-39-28-33-18-15-27-46-41(33)31-44(39)49-45(40)43/h1-31H. The van der Waals surface area contributed by atoms with Crippen LogP contribution in [0.25, 0.3) is 42.2 Å². The molecular formula is C45H31N3S. The van der Waals surface area contributed by atoms with Gasteiger partial charge in [0.25, 0.3) is 0 Å². The number of para-hydroxylation sites is 4. The van der Waals surface area contributed by atoms with Crippen molar-refractivity contribution in [2.75, 3.05) is 9.80 Å². The van der Waals surface area contributed by atoms with Gasteiger partial charge in [-0.2, -0.15) is 0 Å². The van der Waals surface area contributed by atoms with Crippen molar-refractivity contribution in [1.29, 1.82) is 0 Å². The lowest BCUT2D eigenvalue weighted by Crippen LogP contribution is -2.14. The van der Waals surface area contributed by atoms with Gasteiger partial charge in [-0.1, -0.05) is 109 Å². The quantitative estimate of drug-likeness (QED) is 0.172. The zero-order valence-electron chi connectivity index (χ0n) is 26.6. The van der Waals surface area contributed by atoms with Crippen LogP contribution < -0.4 is 9.80 Å². The van der Waals surface area contributed by atoms with E-state index in [1.54, 1.807) is 0 Å². The molecule has 0 radical (unpaired) electrons. The number of benzene rings is 7. The Bertz CT molecular complexity index is 2510. The van der Waals surface area contributed by atoms with Gasteiger partial charge in [-0.3, -0.25) is 4.98 Å². The van der Waals surface area contributed by atoms with Crippen molar-refractivity contribution in [2.24, 2.45) is 0 Å². The summed E-state index contributed by atoms with van der Waals surface area (Å²) in [7, 11) is 0. The molecule has 9 aromatic rings. The van der Waals surface area contributed by atoms with E-state index in [0.717, 1.165) is 45.0 Å². The van der Waals surface area contributed by atoms with E-state index < -0.39 is 0 Å². The molecule has 9 rings (SSSR count). The third-order valence-corrected chi connectivity index (χ3v) is 10.2. The first-order chi connectivity index (χ1) is 24.3. The van der Waals surface area contributed by atoms with Gasteiger partial charge in [-0.25, -0.2) is 0 Å². The van der Waals surface area contributed by atoms with Crippen LogP contribution in [0, 0.1) is 0 Å². The molecule has 0 aliphatic carbocycles. The second kappa shape index (κ2) is 12.4. The summed E-state index contributed by atoms with van der Waals surface area (Å²) in [5.41, 5.74) is 9.98. The van der Waals surface area contributed by atoms with E-state index in [2.05, 4.69) is 186 Å². The maximum Gasteiger partial charge on any atom is 0.0716 e. The molecule has 7 aromatic carbocycles. The Kier molecular flexibility index (Phi) is 7.34. The maximum atomic E-state index is 4.71. The van der Waals surface area contributed by atoms with Crippen LogP contribution in [-0.4, -0.2) is 4.98 Å². The first-order valence-electron chi connectivity index (χ1n) is 16.5. The fourth-order valence-corrected chi connectivity index (χ4v) is 8.03. The fourth-order valence-electron chi connectivity index (χ4n) is 6.82. The molecule has 0 fully saturated rings. The minimum atomic E-state index is 1.01. The molecule has 0 amide bonds. The summed E-state index contributed by atoms with van der Waals surface area (Å²) in [5.74, 6) is 0. The van der Waals surface area contributed by atoms with Crippen molar-refractivity contribution in [3.8, 4) is 11.1 Å². The minimum Gasteiger partial charge on any atom is -0.310 e. The molecule has 49 heavy (non-hydrogen) atoms. The zero-order chi connectivity index (χ0) is 32.6. The number of anilines is 6. The van der Waals surface area contributed by atoms with Crippen LogP contribution in [0.3, 0.4) is 0 Å². The van der Waals surface area contributed by atoms with Gasteiger partial charge in [0.1, 0.15) is 0 Å². The average Bonchev–Trinajstić information content (AvgIpc) is 3.53. The van der Waals surface area contributed by atoms with Crippen molar-refractivity contribution in [1.82, 2.24) is 4.98 Å². The molecule has 0 spiro atoms. The highest BCUT2D eigenvalue weighted by Crippen LogP contribution is 2.50. The molecule has 0 saturated carbocycles. The normalized spacial score (nSPS) is 11.3. The van der Waals surface area contributed by atoms with E-state index in [9.17, 15) is 0 Å². The Morgan fingerprint density at radius 3 is 1.69 bits per heavy atom. The predicted molar refractivity (Wildman–Crippen MR) is 209 cm³/mol. The number of hydrogen-bond donors (Lipinski definition) is 0. The van der Waals surface area contributed by atoms with E-state index in [1.165, 1.54) is 31.3 Å². The molecule has 0 saturated heterocycles. The van der Waals surface area contributed by atoms with Gasteiger partial charge < -0.3 is 9.80 Å². The first-order valence-corrected chi connectivity index (χ1v) is 17.3. The first kappa shape index (κ1) is 29.0. The second-order valence-electron chi connectivity index (χ2n) is 12.0. The van der Waals surface area contributed by atoms with Gasteiger partial charge in [0.05, 0.1) is 21.6 Å². The average molecular weight is 646 g/mol. The van der Waals surface area contributed by atoms with Gasteiger partial charge >= 0.3 is 0 Å². The lowest BCUT2D eigenvalue weighted by Gasteiger charge is -2.31. The van der Waals surface area contributed by atoms with E-state index in [4.69, 9.17) is 4.98 Å². The Morgan fingerprint density at radius 2 is 1.02 bits per heavy atom. The molecule has 0 N–H and O–H groups in total. The summed E-state index contributed by atoms with van der Waals surface area (Å²) < 4.78 is 2.44. The molecule has 0 unspecified atom stereocenters. The molecule has 0 bridgehead atoms. The number of rotatable bonds is 7. The van der Waals surface area contributed by atoms with Crippen LogP contribution in [0.5, 0.6) is 0 Å². The van der Waals surface area contributed by atoms with Crippen LogP contribution in [0.1, 0.15) is 0 Å². The Balaban J connectivity index is 1.40. The number of nitrogens with zero attached hydrogens (tertiary/aromatic N) is 3. The van der Waals surface area contributed by atoms with Gasteiger partial charge in [0, 0.05) is 55.4 Å². The summed E-state index contributed by atoms with van der Waals surface area (Å²) >= 11 is 1.83.